The molecule has 2 fully saturated rings. The van der Waals surface area contributed by atoms with Crippen molar-refractivity contribution in [1.82, 2.24) is 5.32 Å². The van der Waals surface area contributed by atoms with Gasteiger partial charge in [-0.3, -0.25) is 0 Å². The first-order chi connectivity index (χ1) is 8.16. The number of nitrogens with one attached hydrogen (secondary N) is 1. The lowest BCUT2D eigenvalue weighted by molar-refractivity contribution is 0.184. The van der Waals surface area contributed by atoms with Crippen LogP contribution in [0.25, 0.3) is 0 Å². The third kappa shape index (κ3) is 4.59. The fraction of sp³-hybridized carbons (Fsp3) is 1.00. The molecule has 17 heavy (non-hydrogen) atoms. The van der Waals surface area contributed by atoms with E-state index in [0.29, 0.717) is 5.41 Å². The lowest BCUT2D eigenvalue weighted by Gasteiger charge is -2.22. The molecule has 1 N–H and O–H groups in total. The molecule has 2 aliphatic rings. The molecule has 2 rings (SSSR count). The monoisotopic (exact) mass is 239 g/mol. The van der Waals surface area contributed by atoms with Gasteiger partial charge in [0.15, 0.2) is 0 Å². The number of ether oxygens (including phenoxy) is 1. The Labute approximate surface area is 107 Å². The van der Waals surface area contributed by atoms with Crippen molar-refractivity contribution >= 4 is 0 Å². The number of hydrogen-bond donors (Lipinski definition) is 1. The molecule has 2 heteroatoms. The van der Waals surface area contributed by atoms with Crippen LogP contribution in [0.5, 0.6) is 0 Å². The highest BCUT2D eigenvalue weighted by molar-refractivity contribution is 4.79. The van der Waals surface area contributed by atoms with Crippen molar-refractivity contribution < 1.29 is 4.74 Å². The minimum absolute atomic E-state index is 0.579. The SMILES string of the molecule is CC1(C)CCCC(NCCC2CCOC2)CC1. The Morgan fingerprint density at radius 2 is 2.06 bits per heavy atom. The molecule has 1 saturated heterocycles. The lowest BCUT2D eigenvalue weighted by Crippen LogP contribution is -2.30. The molecule has 1 aliphatic heterocycles. The Kier molecular flexibility index (Phi) is 4.87. The van der Waals surface area contributed by atoms with Crippen molar-refractivity contribution in [3.05, 3.63) is 0 Å². The molecule has 0 aromatic heterocycles. The smallest absolute Gasteiger partial charge is 0.0495 e. The van der Waals surface area contributed by atoms with E-state index in [1.807, 2.05) is 0 Å². The van der Waals surface area contributed by atoms with E-state index in [0.717, 1.165) is 25.2 Å². The van der Waals surface area contributed by atoms with Crippen LogP contribution in [-0.4, -0.2) is 25.8 Å². The highest BCUT2D eigenvalue weighted by atomic mass is 16.5. The molecule has 1 heterocycles. The predicted octanol–water partition coefficient (Wildman–Crippen LogP) is 3.36. The van der Waals surface area contributed by atoms with Gasteiger partial charge in [-0.15, -0.1) is 0 Å². The van der Waals surface area contributed by atoms with E-state index in [4.69, 9.17) is 4.74 Å². The van der Waals surface area contributed by atoms with E-state index < -0.39 is 0 Å². The maximum Gasteiger partial charge on any atom is 0.0495 e. The summed E-state index contributed by atoms with van der Waals surface area (Å²) in [7, 11) is 0. The van der Waals surface area contributed by atoms with E-state index in [2.05, 4.69) is 19.2 Å². The topological polar surface area (TPSA) is 21.3 Å². The maximum atomic E-state index is 5.42. The van der Waals surface area contributed by atoms with Crippen LogP contribution in [0.15, 0.2) is 0 Å². The largest absolute Gasteiger partial charge is 0.381 e. The van der Waals surface area contributed by atoms with E-state index in [9.17, 15) is 0 Å². The second kappa shape index (κ2) is 6.19. The summed E-state index contributed by atoms with van der Waals surface area (Å²) in [6, 6.07) is 0.777. The summed E-state index contributed by atoms with van der Waals surface area (Å²) in [6.45, 7) is 8.03. The van der Waals surface area contributed by atoms with Gasteiger partial charge >= 0.3 is 0 Å². The Balaban J connectivity index is 1.62. The van der Waals surface area contributed by atoms with Gasteiger partial charge in [-0.25, -0.2) is 0 Å². The van der Waals surface area contributed by atoms with Crippen LogP contribution in [0.2, 0.25) is 0 Å². The highest BCUT2D eigenvalue weighted by Crippen LogP contribution is 2.33. The maximum absolute atomic E-state index is 5.42. The van der Waals surface area contributed by atoms with Gasteiger partial charge in [0.05, 0.1) is 0 Å². The molecule has 0 spiro atoms. The highest BCUT2D eigenvalue weighted by Gasteiger charge is 2.24. The van der Waals surface area contributed by atoms with Crippen molar-refractivity contribution in [2.24, 2.45) is 11.3 Å². The molecule has 2 nitrogen and oxygen atoms in total. The molecule has 1 saturated carbocycles. The average molecular weight is 239 g/mol. The fourth-order valence-corrected chi connectivity index (χ4v) is 3.17. The first kappa shape index (κ1) is 13.4. The van der Waals surface area contributed by atoms with Crippen LogP contribution >= 0.6 is 0 Å². The Hall–Kier alpha value is -0.0800. The van der Waals surface area contributed by atoms with Crippen LogP contribution in [0.4, 0.5) is 0 Å². The van der Waals surface area contributed by atoms with Gasteiger partial charge in [0.1, 0.15) is 0 Å². The summed E-state index contributed by atoms with van der Waals surface area (Å²) in [6.07, 6.45) is 9.52. The van der Waals surface area contributed by atoms with E-state index in [-0.39, 0.29) is 0 Å². The van der Waals surface area contributed by atoms with Crippen molar-refractivity contribution in [1.29, 1.82) is 0 Å². The molecule has 0 amide bonds. The van der Waals surface area contributed by atoms with E-state index >= 15 is 0 Å². The van der Waals surface area contributed by atoms with Gasteiger partial charge < -0.3 is 10.1 Å². The Morgan fingerprint density at radius 3 is 2.82 bits per heavy atom. The molecule has 0 aromatic rings. The molecule has 2 unspecified atom stereocenters. The molecular weight excluding hydrogens is 210 g/mol. The van der Waals surface area contributed by atoms with Gasteiger partial charge in [-0.05, 0) is 56.4 Å². The third-order valence-electron chi connectivity index (χ3n) is 4.59. The van der Waals surface area contributed by atoms with Gasteiger partial charge in [0.2, 0.25) is 0 Å². The van der Waals surface area contributed by atoms with E-state index in [1.165, 1.54) is 51.5 Å². The first-order valence-electron chi connectivity index (χ1n) is 7.47. The fourth-order valence-electron chi connectivity index (χ4n) is 3.17. The summed E-state index contributed by atoms with van der Waals surface area (Å²) in [5.74, 6) is 0.824. The zero-order chi connectivity index (χ0) is 12.1. The molecular formula is C15H29NO. The lowest BCUT2D eigenvalue weighted by atomic mass is 9.85. The van der Waals surface area contributed by atoms with Gasteiger partial charge in [0.25, 0.3) is 0 Å². The van der Waals surface area contributed by atoms with Crippen LogP contribution in [0, 0.1) is 11.3 Å². The number of rotatable bonds is 4. The standard InChI is InChI=1S/C15H29NO/c1-15(2)8-3-4-14(5-9-15)16-10-6-13-7-11-17-12-13/h13-14,16H,3-12H2,1-2H3. The van der Waals surface area contributed by atoms with Crippen LogP contribution in [0.3, 0.4) is 0 Å². The molecule has 1 aliphatic carbocycles. The summed E-state index contributed by atoms with van der Waals surface area (Å²) >= 11 is 0. The van der Waals surface area contributed by atoms with Crippen molar-refractivity contribution in [2.75, 3.05) is 19.8 Å². The summed E-state index contributed by atoms with van der Waals surface area (Å²) < 4.78 is 5.42. The van der Waals surface area contributed by atoms with Crippen LogP contribution < -0.4 is 5.32 Å². The zero-order valence-electron chi connectivity index (χ0n) is 11.6. The van der Waals surface area contributed by atoms with Crippen LogP contribution in [-0.2, 0) is 4.74 Å². The summed E-state index contributed by atoms with van der Waals surface area (Å²) in [5.41, 5.74) is 0.579. The molecule has 100 valence electrons. The average Bonchev–Trinajstić information content (AvgIpc) is 2.72. The second-order valence-electron chi connectivity index (χ2n) is 6.76. The minimum Gasteiger partial charge on any atom is -0.381 e. The molecule has 2 atom stereocenters. The van der Waals surface area contributed by atoms with Crippen LogP contribution in [0.1, 0.15) is 58.8 Å². The Morgan fingerprint density at radius 1 is 1.18 bits per heavy atom. The predicted molar refractivity (Wildman–Crippen MR) is 72.2 cm³/mol. The summed E-state index contributed by atoms with van der Waals surface area (Å²) in [4.78, 5) is 0. The molecule has 0 radical (unpaired) electrons. The first-order valence-corrected chi connectivity index (χ1v) is 7.47. The van der Waals surface area contributed by atoms with E-state index in [1.54, 1.807) is 0 Å². The van der Waals surface area contributed by atoms with Crippen molar-refractivity contribution in [3.8, 4) is 0 Å². The summed E-state index contributed by atoms with van der Waals surface area (Å²) in [5, 5.41) is 3.77. The van der Waals surface area contributed by atoms with Gasteiger partial charge in [-0.1, -0.05) is 20.3 Å². The zero-order valence-corrected chi connectivity index (χ0v) is 11.6. The second-order valence-corrected chi connectivity index (χ2v) is 6.76. The van der Waals surface area contributed by atoms with Crippen molar-refractivity contribution in [3.63, 3.8) is 0 Å². The molecule has 0 bridgehead atoms. The minimum atomic E-state index is 0.579. The van der Waals surface area contributed by atoms with Gasteiger partial charge in [0, 0.05) is 19.3 Å². The molecule has 0 aromatic carbocycles. The third-order valence-corrected chi connectivity index (χ3v) is 4.59. The van der Waals surface area contributed by atoms with Crippen molar-refractivity contribution in [2.45, 2.75) is 64.8 Å². The Bertz CT molecular complexity index is 221. The van der Waals surface area contributed by atoms with Gasteiger partial charge in [-0.2, -0.15) is 0 Å². The number of hydrogen-bond acceptors (Lipinski definition) is 2. The quantitative estimate of drug-likeness (QED) is 0.760. The normalized spacial score (nSPS) is 33.5.